The Labute approximate surface area is 229 Å². The minimum absolute atomic E-state index is 0.0922. The van der Waals surface area contributed by atoms with Crippen molar-refractivity contribution in [1.82, 2.24) is 0 Å². The molecular formula is C36H56O. The quantitative estimate of drug-likeness (QED) is 0.289. The normalized spacial score (nSPS) is 21.5. The molecule has 0 bridgehead atoms. The van der Waals surface area contributed by atoms with Crippen molar-refractivity contribution in [3.05, 3.63) is 64.3 Å². The number of fused-ring (bicyclic) bond motifs is 4. The van der Waals surface area contributed by atoms with Gasteiger partial charge in [0.2, 0.25) is 0 Å². The standard InChI is InChI=1S/C31H42O.C3H8.C2H6/c1-4-6-8-14-18-31(19-15-9-7-5-2)28-17-13-11-10-12-16-25(28)27-21-24-20-23(3)30(32)26(24)22-29(27)31;1-3-2;1-2/h10,12,16-17,21-23H,4-9,11,13-15,18-20H2,1-3H3;3H2,1-2H3;1-2H3/b12-10?,25-16-,28-17+;;. The van der Waals surface area contributed by atoms with E-state index >= 15 is 0 Å². The lowest BCUT2D eigenvalue weighted by atomic mass is 9.69. The maximum atomic E-state index is 13.0. The van der Waals surface area contributed by atoms with Gasteiger partial charge in [0.05, 0.1) is 0 Å². The Kier molecular flexibility index (Phi) is 13.7. The highest BCUT2D eigenvalue weighted by atomic mass is 16.1. The number of carbonyl (C=O) groups excluding carboxylic acids is 1. The zero-order valence-electron chi connectivity index (χ0n) is 25.3. The number of allylic oxidation sites excluding steroid dienone is 6. The second-order valence-electron chi connectivity index (χ2n) is 11.1. The van der Waals surface area contributed by atoms with E-state index in [0.29, 0.717) is 5.78 Å². The first kappa shape index (κ1) is 31.3. The van der Waals surface area contributed by atoms with E-state index in [1.165, 1.54) is 92.9 Å². The summed E-state index contributed by atoms with van der Waals surface area (Å²) in [5.41, 5.74) is 8.31. The highest BCUT2D eigenvalue weighted by Crippen LogP contribution is 2.57. The van der Waals surface area contributed by atoms with E-state index in [4.69, 9.17) is 0 Å². The van der Waals surface area contributed by atoms with Gasteiger partial charge >= 0.3 is 0 Å². The average Bonchev–Trinajstić information content (AvgIpc) is 3.29. The molecule has 1 atom stereocenters. The van der Waals surface area contributed by atoms with Crippen molar-refractivity contribution >= 4 is 11.4 Å². The second kappa shape index (κ2) is 16.2. The second-order valence-corrected chi connectivity index (χ2v) is 11.1. The third kappa shape index (κ3) is 7.36. The maximum absolute atomic E-state index is 13.0. The van der Waals surface area contributed by atoms with Crippen molar-refractivity contribution in [2.24, 2.45) is 5.92 Å². The summed E-state index contributed by atoms with van der Waals surface area (Å²) in [4.78, 5) is 13.0. The van der Waals surface area contributed by atoms with Crippen LogP contribution in [0, 0.1) is 5.92 Å². The average molecular weight is 505 g/mol. The van der Waals surface area contributed by atoms with Gasteiger partial charge in [0.1, 0.15) is 0 Å². The zero-order valence-corrected chi connectivity index (χ0v) is 25.3. The summed E-state index contributed by atoms with van der Waals surface area (Å²) < 4.78 is 0. The van der Waals surface area contributed by atoms with Gasteiger partial charge in [-0.1, -0.05) is 137 Å². The van der Waals surface area contributed by atoms with Gasteiger partial charge in [-0.25, -0.2) is 0 Å². The Morgan fingerprint density at radius 2 is 1.46 bits per heavy atom. The lowest BCUT2D eigenvalue weighted by Crippen LogP contribution is -2.26. The number of ketones is 1. The van der Waals surface area contributed by atoms with Gasteiger partial charge in [-0.05, 0) is 66.0 Å². The Morgan fingerprint density at radius 3 is 2.05 bits per heavy atom. The van der Waals surface area contributed by atoms with Gasteiger partial charge in [-0.3, -0.25) is 4.79 Å². The van der Waals surface area contributed by atoms with Crippen LogP contribution < -0.4 is 0 Å². The molecule has 206 valence electrons. The van der Waals surface area contributed by atoms with Crippen LogP contribution in [0.4, 0.5) is 0 Å². The first-order valence-electron chi connectivity index (χ1n) is 15.8. The van der Waals surface area contributed by atoms with Crippen LogP contribution in [0.2, 0.25) is 0 Å². The van der Waals surface area contributed by atoms with Crippen LogP contribution in [0.25, 0.3) is 5.57 Å². The van der Waals surface area contributed by atoms with Crippen molar-refractivity contribution in [2.75, 3.05) is 0 Å². The summed E-state index contributed by atoms with van der Waals surface area (Å²) in [5, 5.41) is 0. The van der Waals surface area contributed by atoms with Crippen LogP contribution >= 0.6 is 0 Å². The summed E-state index contributed by atoms with van der Waals surface area (Å²) in [6.07, 6.45) is 26.8. The predicted molar refractivity (Wildman–Crippen MR) is 165 cm³/mol. The molecule has 37 heavy (non-hydrogen) atoms. The smallest absolute Gasteiger partial charge is 0.166 e. The van der Waals surface area contributed by atoms with Crippen molar-refractivity contribution in [3.63, 3.8) is 0 Å². The van der Waals surface area contributed by atoms with Gasteiger partial charge in [0, 0.05) is 16.9 Å². The minimum Gasteiger partial charge on any atom is -0.294 e. The minimum atomic E-state index is 0.0922. The Bertz CT molecular complexity index is 930. The van der Waals surface area contributed by atoms with Crippen LogP contribution in [0.1, 0.15) is 159 Å². The van der Waals surface area contributed by atoms with Crippen molar-refractivity contribution in [3.8, 4) is 0 Å². The van der Waals surface area contributed by atoms with Gasteiger partial charge in [0.15, 0.2) is 5.78 Å². The van der Waals surface area contributed by atoms with Crippen LogP contribution in [0.15, 0.2) is 42.0 Å². The Morgan fingerprint density at radius 1 is 0.838 bits per heavy atom. The third-order valence-corrected chi connectivity index (χ3v) is 8.09. The number of hydrogen-bond acceptors (Lipinski definition) is 1. The molecule has 1 heteroatoms. The molecule has 0 saturated carbocycles. The third-order valence-electron chi connectivity index (χ3n) is 8.09. The monoisotopic (exact) mass is 504 g/mol. The number of Topliss-reactive ketones (excluding diaryl/α,β-unsaturated/α-hetero) is 1. The number of unbranched alkanes of at least 4 members (excludes halogenated alkanes) is 6. The Balaban J connectivity index is 0.000000898. The largest absolute Gasteiger partial charge is 0.294 e. The molecule has 0 heterocycles. The molecule has 1 unspecified atom stereocenters. The fourth-order valence-corrected chi connectivity index (χ4v) is 6.34. The molecule has 0 aliphatic heterocycles. The molecule has 1 aromatic carbocycles. The maximum Gasteiger partial charge on any atom is 0.166 e. The van der Waals surface area contributed by atoms with E-state index < -0.39 is 0 Å². The molecule has 0 spiro atoms. The van der Waals surface area contributed by atoms with Crippen LogP contribution in [0.5, 0.6) is 0 Å². The molecule has 0 amide bonds. The fourth-order valence-electron chi connectivity index (χ4n) is 6.34. The molecule has 0 radical (unpaired) electrons. The first-order valence-corrected chi connectivity index (χ1v) is 15.8. The predicted octanol–water partition coefficient (Wildman–Crippen LogP) is 11.4. The summed E-state index contributed by atoms with van der Waals surface area (Å²) in [6, 6.07) is 4.76. The molecule has 1 aromatic rings. The van der Waals surface area contributed by atoms with Gasteiger partial charge < -0.3 is 0 Å². The molecule has 3 aliphatic rings. The molecule has 1 nitrogen and oxygen atoms in total. The summed E-state index contributed by atoms with van der Waals surface area (Å²) in [7, 11) is 0. The Hall–Kier alpha value is -1.89. The lowest BCUT2D eigenvalue weighted by Gasteiger charge is -2.34. The highest BCUT2D eigenvalue weighted by molar-refractivity contribution is 6.04. The van der Waals surface area contributed by atoms with Gasteiger partial charge in [-0.2, -0.15) is 0 Å². The summed E-state index contributed by atoms with van der Waals surface area (Å²) >= 11 is 0. The zero-order chi connectivity index (χ0) is 27.3. The molecule has 0 fully saturated rings. The van der Waals surface area contributed by atoms with E-state index in [9.17, 15) is 4.79 Å². The van der Waals surface area contributed by atoms with Crippen molar-refractivity contribution in [2.45, 2.75) is 144 Å². The lowest BCUT2D eigenvalue weighted by molar-refractivity contribution is 0.0946. The number of carbonyl (C=O) groups is 1. The molecular weight excluding hydrogens is 448 g/mol. The van der Waals surface area contributed by atoms with Crippen LogP contribution in [0.3, 0.4) is 0 Å². The van der Waals surface area contributed by atoms with E-state index in [0.717, 1.165) is 24.8 Å². The van der Waals surface area contributed by atoms with Crippen LogP contribution in [-0.2, 0) is 11.8 Å². The van der Waals surface area contributed by atoms with Crippen molar-refractivity contribution < 1.29 is 4.79 Å². The van der Waals surface area contributed by atoms with E-state index in [-0.39, 0.29) is 11.3 Å². The number of benzene rings is 1. The highest BCUT2D eigenvalue weighted by Gasteiger charge is 2.45. The fraction of sp³-hybridized carbons (Fsp3) is 0.639. The van der Waals surface area contributed by atoms with E-state index in [2.05, 4.69) is 71.1 Å². The number of hydrogen-bond donors (Lipinski definition) is 0. The first-order chi connectivity index (χ1) is 18.0. The molecule has 0 N–H and O–H groups in total. The molecule has 0 saturated heterocycles. The summed E-state index contributed by atoms with van der Waals surface area (Å²) in [5.74, 6) is 0.498. The van der Waals surface area contributed by atoms with E-state index in [1.54, 1.807) is 5.57 Å². The molecule has 3 aliphatic carbocycles. The topological polar surface area (TPSA) is 17.1 Å². The van der Waals surface area contributed by atoms with E-state index in [1.807, 2.05) is 13.8 Å². The SMILES string of the molecule is CC.CCC.CCCCCCC1(CCCCCC)C2=C/CCC=C/C=C\2c2cc3c(cc21)C(=O)C(C)C3. The summed E-state index contributed by atoms with van der Waals surface area (Å²) in [6.45, 7) is 14.9. The van der Waals surface area contributed by atoms with Gasteiger partial charge in [-0.15, -0.1) is 0 Å². The molecule has 4 rings (SSSR count). The van der Waals surface area contributed by atoms with Crippen molar-refractivity contribution in [1.29, 1.82) is 0 Å². The van der Waals surface area contributed by atoms with Crippen LogP contribution in [-0.4, -0.2) is 5.78 Å². The molecule has 0 aromatic heterocycles. The number of rotatable bonds is 10. The van der Waals surface area contributed by atoms with Gasteiger partial charge in [0.25, 0.3) is 0 Å².